The van der Waals surface area contributed by atoms with E-state index in [1.165, 1.54) is 16.3 Å². The zero-order valence-electron chi connectivity index (χ0n) is 19.8. The summed E-state index contributed by atoms with van der Waals surface area (Å²) in [5.41, 5.74) is 6.09. The fourth-order valence-electron chi connectivity index (χ4n) is 4.22. The van der Waals surface area contributed by atoms with Crippen LogP contribution in [-0.2, 0) is 20.1 Å². The van der Waals surface area contributed by atoms with E-state index < -0.39 is 0 Å². The van der Waals surface area contributed by atoms with Gasteiger partial charge in [0.15, 0.2) is 0 Å². The second kappa shape index (κ2) is 11.2. The summed E-state index contributed by atoms with van der Waals surface area (Å²) in [6.45, 7) is 7.46. The van der Waals surface area contributed by atoms with Gasteiger partial charge in [-0.15, -0.1) is 29.7 Å². The average molecular weight is 630 g/mol. The van der Waals surface area contributed by atoms with E-state index in [1.54, 1.807) is 13.8 Å². The minimum absolute atomic E-state index is 0. The largest absolute Gasteiger partial charge is 0.393 e. The van der Waals surface area contributed by atoms with Gasteiger partial charge in [0.25, 0.3) is 0 Å². The van der Waals surface area contributed by atoms with Crippen LogP contribution in [0.5, 0.6) is 0 Å². The van der Waals surface area contributed by atoms with E-state index >= 15 is 0 Å². The summed E-state index contributed by atoms with van der Waals surface area (Å²) >= 11 is 0. The Bertz CT molecular complexity index is 1420. The van der Waals surface area contributed by atoms with Gasteiger partial charge in [-0.1, -0.05) is 58.8 Å². The number of hydrogen-bond acceptors (Lipinski definition) is 4. The summed E-state index contributed by atoms with van der Waals surface area (Å²) < 4.78 is 0. The van der Waals surface area contributed by atoms with Crippen LogP contribution in [0, 0.1) is 19.9 Å². The van der Waals surface area contributed by atoms with Crippen molar-refractivity contribution in [3.63, 3.8) is 0 Å². The predicted molar refractivity (Wildman–Crippen MR) is 136 cm³/mol. The van der Waals surface area contributed by atoms with Gasteiger partial charge in [0.2, 0.25) is 0 Å². The predicted octanol–water partition coefficient (Wildman–Crippen LogP) is 6.16. The molecule has 2 atom stereocenters. The van der Waals surface area contributed by atoms with Crippen molar-refractivity contribution in [2.75, 3.05) is 0 Å². The van der Waals surface area contributed by atoms with Crippen molar-refractivity contribution in [3.8, 4) is 11.3 Å². The first-order valence-corrected chi connectivity index (χ1v) is 11.3. The number of fused-ring (bicyclic) bond motifs is 6. The molecular formula is C29H29IrN2O2-. The van der Waals surface area contributed by atoms with Gasteiger partial charge >= 0.3 is 0 Å². The zero-order chi connectivity index (χ0) is 23.5. The van der Waals surface area contributed by atoms with Crippen molar-refractivity contribution in [1.82, 2.24) is 9.97 Å². The van der Waals surface area contributed by atoms with Crippen LogP contribution in [0.25, 0.3) is 43.8 Å². The fourth-order valence-corrected chi connectivity index (χ4v) is 4.22. The fraction of sp³-hybridized carbons (Fsp3) is 0.241. The Morgan fingerprint density at radius 3 is 2.12 bits per heavy atom. The van der Waals surface area contributed by atoms with Gasteiger partial charge in [-0.25, -0.2) is 0 Å². The standard InChI is InChI=1S/C24H17N2.C5H12O2.Ir/c1-15-8-7-9-17(14-15)22-16(2)25-23-20-12-5-3-10-18(20)19-11-4-6-13-21(19)24(23)26-22;1-4(6)3-5(2)7;/h3-11,13-14H,1-2H3;4-7H,3H2,1-2H3;/q-1;;. The van der Waals surface area contributed by atoms with Gasteiger partial charge in [0.05, 0.1) is 29.1 Å². The van der Waals surface area contributed by atoms with E-state index in [2.05, 4.69) is 67.6 Å². The molecular weight excluding hydrogens is 601 g/mol. The maximum absolute atomic E-state index is 8.56. The minimum atomic E-state index is -0.375. The number of hydrogen-bond donors (Lipinski definition) is 2. The first-order chi connectivity index (χ1) is 15.8. The molecule has 0 amide bonds. The smallest absolute Gasteiger partial charge is 0.0902 e. The molecule has 0 aliphatic heterocycles. The zero-order valence-corrected chi connectivity index (χ0v) is 22.2. The molecule has 4 aromatic carbocycles. The van der Waals surface area contributed by atoms with Crippen molar-refractivity contribution >= 4 is 32.6 Å². The van der Waals surface area contributed by atoms with Crippen LogP contribution in [0.2, 0.25) is 0 Å². The Labute approximate surface area is 214 Å². The number of rotatable bonds is 3. The van der Waals surface area contributed by atoms with Crippen LogP contribution in [-0.4, -0.2) is 32.4 Å². The molecule has 1 heterocycles. The number of benzene rings is 4. The molecule has 4 nitrogen and oxygen atoms in total. The van der Waals surface area contributed by atoms with Gasteiger partial charge in [-0.2, -0.15) is 0 Å². The van der Waals surface area contributed by atoms with E-state index in [0.717, 1.165) is 38.8 Å². The van der Waals surface area contributed by atoms with Gasteiger partial charge in [0, 0.05) is 31.2 Å². The number of aliphatic hydroxyl groups excluding tert-OH is 2. The van der Waals surface area contributed by atoms with Crippen molar-refractivity contribution < 1.29 is 30.3 Å². The molecule has 0 saturated carbocycles. The van der Waals surface area contributed by atoms with E-state index in [-0.39, 0.29) is 32.3 Å². The first kappa shape index (κ1) is 25.9. The average Bonchev–Trinajstić information content (AvgIpc) is 2.78. The molecule has 0 spiro atoms. The first-order valence-electron chi connectivity index (χ1n) is 11.3. The van der Waals surface area contributed by atoms with E-state index in [9.17, 15) is 0 Å². The summed E-state index contributed by atoms with van der Waals surface area (Å²) in [5, 5.41) is 21.7. The number of nitrogens with zero attached hydrogens (tertiary/aromatic N) is 2. The van der Waals surface area contributed by atoms with E-state index in [0.29, 0.717) is 6.42 Å². The van der Waals surface area contributed by atoms with Gasteiger partial charge in [-0.05, 0) is 45.6 Å². The van der Waals surface area contributed by atoms with Crippen LogP contribution in [0.3, 0.4) is 0 Å². The second-order valence-electron chi connectivity index (χ2n) is 8.66. The Morgan fingerprint density at radius 2 is 1.47 bits per heavy atom. The molecule has 1 radical (unpaired) electrons. The molecule has 5 heteroatoms. The SMILES string of the molecule is CC(O)CC(C)O.Cc1cccc(-c2nc3c4ccccc4c4ccc[c-]c4c3nc2C)c1.[Ir]. The summed E-state index contributed by atoms with van der Waals surface area (Å²) in [7, 11) is 0. The van der Waals surface area contributed by atoms with E-state index in [1.807, 2.05) is 19.1 Å². The number of aliphatic hydroxyl groups is 2. The molecule has 2 unspecified atom stereocenters. The third-order valence-corrected chi connectivity index (χ3v) is 5.61. The van der Waals surface area contributed by atoms with Gasteiger partial charge in [0.1, 0.15) is 0 Å². The van der Waals surface area contributed by atoms with Gasteiger partial charge in [-0.3, -0.25) is 9.97 Å². The van der Waals surface area contributed by atoms with Gasteiger partial charge < -0.3 is 10.2 Å². The van der Waals surface area contributed by atoms with Crippen molar-refractivity contribution in [2.24, 2.45) is 0 Å². The molecule has 5 aromatic rings. The Morgan fingerprint density at radius 1 is 0.794 bits per heavy atom. The molecule has 0 saturated heterocycles. The summed E-state index contributed by atoms with van der Waals surface area (Å²) in [6.07, 6.45) is -0.278. The van der Waals surface area contributed by atoms with Crippen molar-refractivity contribution in [2.45, 2.75) is 46.3 Å². The topological polar surface area (TPSA) is 66.2 Å². The minimum Gasteiger partial charge on any atom is -0.393 e. The maximum Gasteiger partial charge on any atom is 0.0902 e. The third-order valence-electron chi connectivity index (χ3n) is 5.61. The summed E-state index contributed by atoms with van der Waals surface area (Å²) in [5.74, 6) is 0. The quantitative estimate of drug-likeness (QED) is 0.186. The molecule has 177 valence electrons. The molecule has 1 aromatic heterocycles. The van der Waals surface area contributed by atoms with Crippen LogP contribution in [0.1, 0.15) is 31.5 Å². The summed E-state index contributed by atoms with van der Waals surface area (Å²) in [6, 6.07) is 26.4. The molecule has 0 fully saturated rings. The molecule has 2 N–H and O–H groups in total. The number of aromatic nitrogens is 2. The van der Waals surface area contributed by atoms with Crippen LogP contribution < -0.4 is 0 Å². The molecule has 5 rings (SSSR count). The van der Waals surface area contributed by atoms with E-state index in [4.69, 9.17) is 20.2 Å². The van der Waals surface area contributed by atoms with Crippen LogP contribution >= 0.6 is 0 Å². The van der Waals surface area contributed by atoms with Crippen LogP contribution in [0.15, 0.2) is 66.7 Å². The summed E-state index contributed by atoms with van der Waals surface area (Å²) in [4.78, 5) is 10.0. The molecule has 34 heavy (non-hydrogen) atoms. The maximum atomic E-state index is 8.56. The van der Waals surface area contributed by atoms with Crippen LogP contribution in [0.4, 0.5) is 0 Å². The monoisotopic (exact) mass is 630 g/mol. The Kier molecular flexibility index (Phi) is 8.51. The number of aryl methyl sites for hydroxylation is 2. The molecule has 0 bridgehead atoms. The molecule has 0 aliphatic carbocycles. The second-order valence-corrected chi connectivity index (χ2v) is 8.66. The Balaban J connectivity index is 0.000000357. The van der Waals surface area contributed by atoms with Crippen molar-refractivity contribution in [1.29, 1.82) is 0 Å². The normalized spacial score (nSPS) is 12.6. The Hall–Kier alpha value is -2.69. The molecule has 0 aliphatic rings. The third kappa shape index (κ3) is 5.51. The van der Waals surface area contributed by atoms with Crippen molar-refractivity contribution in [3.05, 3.63) is 84.1 Å².